The fourth-order valence-electron chi connectivity index (χ4n) is 4.79. The summed E-state index contributed by atoms with van der Waals surface area (Å²) in [5.41, 5.74) is -1.47. The van der Waals surface area contributed by atoms with Crippen molar-refractivity contribution in [2.75, 3.05) is 24.7 Å². The lowest BCUT2D eigenvalue weighted by Crippen LogP contribution is -2.62. The minimum Gasteiger partial charge on any atom is -0.502 e. The minimum atomic E-state index is -1.06. The Morgan fingerprint density at radius 2 is 1.97 bits per heavy atom. The highest BCUT2D eigenvalue weighted by molar-refractivity contribution is 7.14. The number of aromatic hydroxyl groups is 1. The van der Waals surface area contributed by atoms with E-state index in [0.29, 0.717) is 31.8 Å². The normalized spacial score (nSPS) is 19.2. The van der Waals surface area contributed by atoms with Crippen molar-refractivity contribution in [2.45, 2.75) is 38.5 Å². The number of rotatable bonds is 7. The molecular weight excluding hydrogens is 523 g/mol. The second-order valence-corrected chi connectivity index (χ2v) is 10.00. The van der Waals surface area contributed by atoms with Crippen LogP contribution in [0, 0.1) is 17.5 Å². The minimum absolute atomic E-state index is 0.0482. The molecule has 0 bridgehead atoms. The number of carbonyl (C=O) groups is 1. The standard InChI is InChI=1S/C25H24F3N5O4S/c1-3-20-31(4-2)25(36)21-23(35)22(34)16(12-33(21)32(20)11-14-6-5-7-37-14)24-30-29-19(38-24)10-15-17(27)8-13(26)9-18(15)28/h3,8-9,12,14,20,35H,1,4-7,10-11H2,2H3/t14-,20-/m0/s1. The van der Waals surface area contributed by atoms with E-state index in [9.17, 15) is 27.9 Å². The van der Waals surface area contributed by atoms with E-state index in [4.69, 9.17) is 4.74 Å². The van der Waals surface area contributed by atoms with E-state index < -0.39 is 40.7 Å². The van der Waals surface area contributed by atoms with Crippen LogP contribution in [0.1, 0.15) is 40.8 Å². The number of carbonyl (C=O) groups excluding carboxylic acids is 1. The summed E-state index contributed by atoms with van der Waals surface area (Å²) in [6.07, 6.45) is 3.68. The van der Waals surface area contributed by atoms with Crippen molar-refractivity contribution < 1.29 is 27.8 Å². The predicted molar refractivity (Wildman–Crippen MR) is 133 cm³/mol. The Kier molecular flexibility index (Phi) is 6.97. The van der Waals surface area contributed by atoms with Crippen LogP contribution < -0.4 is 10.4 Å². The average Bonchev–Trinajstić information content (AvgIpc) is 3.56. The van der Waals surface area contributed by atoms with Gasteiger partial charge in [-0.15, -0.1) is 10.2 Å². The van der Waals surface area contributed by atoms with Crippen molar-refractivity contribution in [1.82, 2.24) is 19.8 Å². The summed E-state index contributed by atoms with van der Waals surface area (Å²) in [5, 5.41) is 20.9. The van der Waals surface area contributed by atoms with Gasteiger partial charge >= 0.3 is 0 Å². The molecule has 0 saturated carbocycles. The number of hydrogen-bond acceptors (Lipinski definition) is 8. The van der Waals surface area contributed by atoms with E-state index in [1.54, 1.807) is 18.0 Å². The number of halogens is 3. The molecular formula is C25H24F3N5O4S. The Morgan fingerprint density at radius 1 is 1.24 bits per heavy atom. The molecule has 0 aliphatic carbocycles. The molecule has 2 aliphatic heterocycles. The van der Waals surface area contributed by atoms with E-state index in [2.05, 4.69) is 16.8 Å². The van der Waals surface area contributed by atoms with Gasteiger partial charge in [-0.05, 0) is 25.8 Å². The molecule has 13 heteroatoms. The maximum atomic E-state index is 14.1. The summed E-state index contributed by atoms with van der Waals surface area (Å²) in [5.74, 6) is -4.46. The fourth-order valence-corrected chi connectivity index (χ4v) is 5.64. The molecule has 1 aromatic carbocycles. The van der Waals surface area contributed by atoms with Gasteiger partial charge in [-0.1, -0.05) is 17.9 Å². The van der Waals surface area contributed by atoms with Crippen LogP contribution in [0.15, 0.2) is 35.8 Å². The third-order valence-corrected chi connectivity index (χ3v) is 7.58. The van der Waals surface area contributed by atoms with Crippen molar-refractivity contribution in [2.24, 2.45) is 0 Å². The third kappa shape index (κ3) is 4.45. The Hall–Kier alpha value is -3.71. The highest BCUT2D eigenvalue weighted by atomic mass is 32.1. The summed E-state index contributed by atoms with van der Waals surface area (Å²) in [7, 11) is 0. The highest BCUT2D eigenvalue weighted by Gasteiger charge is 2.39. The summed E-state index contributed by atoms with van der Waals surface area (Å²) in [6, 6.07) is 1.15. The molecule has 5 rings (SSSR count). The molecule has 1 N–H and O–H groups in total. The first-order valence-electron chi connectivity index (χ1n) is 12.0. The van der Waals surface area contributed by atoms with Crippen LogP contribution in [0.3, 0.4) is 0 Å². The van der Waals surface area contributed by atoms with Crippen molar-refractivity contribution in [1.29, 1.82) is 0 Å². The molecule has 0 unspecified atom stereocenters. The van der Waals surface area contributed by atoms with Gasteiger partial charge in [-0.2, -0.15) is 0 Å². The Bertz CT molecular complexity index is 1450. The quantitative estimate of drug-likeness (QED) is 0.454. The summed E-state index contributed by atoms with van der Waals surface area (Å²) in [6.45, 7) is 6.95. The SMILES string of the molecule is C=C[C@H]1N(CC)C(=O)c2c(O)c(=O)c(-c3nnc(Cc4c(F)cc(F)cc4F)s3)cn2N1C[C@@H]1CCCO1. The molecule has 2 aromatic heterocycles. The second-order valence-electron chi connectivity index (χ2n) is 8.94. The highest BCUT2D eigenvalue weighted by Crippen LogP contribution is 2.31. The van der Waals surface area contributed by atoms with Gasteiger partial charge in [-0.3, -0.25) is 19.3 Å². The number of amides is 1. The number of likely N-dealkylation sites (N-methyl/N-ethyl adjacent to an activating group) is 1. The van der Waals surface area contributed by atoms with Gasteiger partial charge in [0.1, 0.15) is 28.6 Å². The van der Waals surface area contributed by atoms with E-state index in [1.807, 2.05) is 0 Å². The molecule has 4 heterocycles. The smallest absolute Gasteiger partial charge is 0.278 e. The van der Waals surface area contributed by atoms with Gasteiger partial charge in [0, 0.05) is 43.5 Å². The first-order valence-corrected chi connectivity index (χ1v) is 12.8. The van der Waals surface area contributed by atoms with E-state index in [-0.39, 0.29) is 39.4 Å². The predicted octanol–water partition coefficient (Wildman–Crippen LogP) is 3.19. The largest absolute Gasteiger partial charge is 0.502 e. The van der Waals surface area contributed by atoms with Crippen molar-refractivity contribution in [3.05, 3.63) is 74.9 Å². The lowest BCUT2D eigenvalue weighted by molar-refractivity contribution is 0.0579. The van der Waals surface area contributed by atoms with Crippen LogP contribution in [0.4, 0.5) is 13.2 Å². The topological polar surface area (TPSA) is 101 Å². The van der Waals surface area contributed by atoms with Gasteiger partial charge in [0.25, 0.3) is 5.91 Å². The molecule has 38 heavy (non-hydrogen) atoms. The average molecular weight is 548 g/mol. The Labute approximate surface area is 219 Å². The molecule has 200 valence electrons. The number of hydrogen-bond donors (Lipinski definition) is 1. The van der Waals surface area contributed by atoms with Gasteiger partial charge in [-0.25, -0.2) is 13.2 Å². The lowest BCUT2D eigenvalue weighted by atomic mass is 10.1. The number of aromatic nitrogens is 3. The Morgan fingerprint density at radius 3 is 2.61 bits per heavy atom. The number of benzene rings is 1. The van der Waals surface area contributed by atoms with Gasteiger partial charge in [0.2, 0.25) is 5.43 Å². The molecule has 3 aromatic rings. The molecule has 1 saturated heterocycles. The number of nitrogens with zero attached hydrogens (tertiary/aromatic N) is 5. The maximum absolute atomic E-state index is 14.1. The third-order valence-electron chi connectivity index (χ3n) is 6.63. The maximum Gasteiger partial charge on any atom is 0.278 e. The molecule has 2 aliphatic rings. The zero-order chi connectivity index (χ0) is 27.1. The van der Waals surface area contributed by atoms with Crippen LogP contribution in [-0.2, 0) is 11.2 Å². The molecule has 9 nitrogen and oxygen atoms in total. The monoisotopic (exact) mass is 547 g/mol. The van der Waals surface area contributed by atoms with Crippen LogP contribution in [-0.4, -0.2) is 62.8 Å². The van der Waals surface area contributed by atoms with Crippen LogP contribution in [0.25, 0.3) is 10.6 Å². The van der Waals surface area contributed by atoms with Crippen LogP contribution in [0.2, 0.25) is 0 Å². The first-order chi connectivity index (χ1) is 18.2. The van der Waals surface area contributed by atoms with Gasteiger partial charge < -0.3 is 14.7 Å². The summed E-state index contributed by atoms with van der Waals surface area (Å²) in [4.78, 5) is 28.0. The fraction of sp³-hybridized carbons (Fsp3) is 0.360. The van der Waals surface area contributed by atoms with E-state index >= 15 is 0 Å². The summed E-state index contributed by atoms with van der Waals surface area (Å²) >= 11 is 0.890. The zero-order valence-corrected chi connectivity index (χ0v) is 21.2. The van der Waals surface area contributed by atoms with E-state index in [1.165, 1.54) is 15.8 Å². The second kappa shape index (κ2) is 10.2. The molecule has 0 spiro atoms. The molecule has 2 atom stereocenters. The van der Waals surface area contributed by atoms with Crippen LogP contribution >= 0.6 is 11.3 Å². The van der Waals surface area contributed by atoms with Crippen molar-refractivity contribution in [3.8, 4) is 16.3 Å². The van der Waals surface area contributed by atoms with Crippen molar-refractivity contribution in [3.63, 3.8) is 0 Å². The van der Waals surface area contributed by atoms with Gasteiger partial charge in [0.15, 0.2) is 16.5 Å². The molecule has 0 radical (unpaired) electrons. The lowest BCUT2D eigenvalue weighted by Gasteiger charge is -2.45. The Balaban J connectivity index is 1.57. The number of ether oxygens (including phenoxy) is 1. The zero-order valence-electron chi connectivity index (χ0n) is 20.4. The number of fused-ring (bicyclic) bond motifs is 1. The van der Waals surface area contributed by atoms with E-state index in [0.717, 1.165) is 24.2 Å². The van der Waals surface area contributed by atoms with Gasteiger partial charge in [0.05, 0.1) is 18.2 Å². The first kappa shape index (κ1) is 25.9. The molecule has 1 amide bonds. The molecule has 1 fully saturated rings. The number of pyridine rings is 1. The summed E-state index contributed by atoms with van der Waals surface area (Å²) < 4.78 is 48.8. The van der Waals surface area contributed by atoms with Crippen molar-refractivity contribution >= 4 is 17.2 Å². The van der Waals surface area contributed by atoms with Crippen LogP contribution in [0.5, 0.6) is 5.75 Å².